The van der Waals surface area contributed by atoms with Gasteiger partial charge < -0.3 is 9.84 Å². The lowest BCUT2D eigenvalue weighted by Crippen LogP contribution is -2.40. The molecular weight excluding hydrogens is 323 g/mol. The first kappa shape index (κ1) is 16.4. The van der Waals surface area contributed by atoms with Gasteiger partial charge in [0.1, 0.15) is 11.3 Å². The number of aliphatic carboxylic acids is 1. The Morgan fingerprint density at radius 3 is 2.88 bits per heavy atom. The van der Waals surface area contributed by atoms with Crippen molar-refractivity contribution < 1.29 is 19.0 Å². The molecule has 6 heteroatoms. The lowest BCUT2D eigenvalue weighted by atomic mass is 9.72. The van der Waals surface area contributed by atoms with Crippen molar-refractivity contribution >= 4 is 16.9 Å². The average Bonchev–Trinajstić information content (AvgIpc) is 2.94. The molecule has 3 heterocycles. The third kappa shape index (κ3) is 3.00. The number of fused-ring (bicyclic) bond motifs is 1. The predicted octanol–water partition coefficient (Wildman–Crippen LogP) is 2.69. The summed E-state index contributed by atoms with van der Waals surface area (Å²) in [5, 5.41) is 10.4. The highest BCUT2D eigenvalue weighted by atomic mass is 19.1. The number of aromatic nitrogens is 1. The fraction of sp³-hybridized carbons (Fsp3) is 0.474. The van der Waals surface area contributed by atoms with Crippen LogP contribution in [0.1, 0.15) is 18.5 Å². The van der Waals surface area contributed by atoms with Gasteiger partial charge in [0.05, 0.1) is 11.6 Å². The van der Waals surface area contributed by atoms with E-state index in [0.717, 1.165) is 30.5 Å². The van der Waals surface area contributed by atoms with Gasteiger partial charge in [0.2, 0.25) is 0 Å². The van der Waals surface area contributed by atoms with E-state index in [4.69, 9.17) is 4.74 Å². The van der Waals surface area contributed by atoms with Gasteiger partial charge in [-0.05, 0) is 25.0 Å². The van der Waals surface area contributed by atoms with Crippen LogP contribution in [0.4, 0.5) is 4.39 Å². The molecule has 2 aromatic rings. The molecule has 2 aliphatic heterocycles. The van der Waals surface area contributed by atoms with E-state index in [9.17, 15) is 14.3 Å². The maximum atomic E-state index is 14.0. The fourth-order valence-electron chi connectivity index (χ4n) is 4.29. The summed E-state index contributed by atoms with van der Waals surface area (Å²) < 4.78 is 19.4. The lowest BCUT2D eigenvalue weighted by molar-refractivity contribution is -0.147. The maximum Gasteiger partial charge on any atom is 0.308 e. The fourth-order valence-corrected chi connectivity index (χ4v) is 4.29. The molecule has 1 N–H and O–H groups in total. The number of rotatable bonds is 3. The standard InChI is InChI=1S/C19H21FN2O3/c20-16-3-1-2-13-4-5-14(21-17(13)16)10-22-11-15(18(23)24)19(12-22)6-8-25-9-7-19/h1-5,15H,6-12H2,(H,23,24). The summed E-state index contributed by atoms with van der Waals surface area (Å²) in [6, 6.07) is 8.68. The van der Waals surface area contributed by atoms with E-state index in [0.29, 0.717) is 31.8 Å². The van der Waals surface area contributed by atoms with Crippen molar-refractivity contribution in [3.8, 4) is 0 Å². The summed E-state index contributed by atoms with van der Waals surface area (Å²) >= 11 is 0. The lowest BCUT2D eigenvalue weighted by Gasteiger charge is -2.36. The molecule has 2 fully saturated rings. The van der Waals surface area contributed by atoms with Crippen LogP contribution in [0.5, 0.6) is 0 Å². The number of hydrogen-bond donors (Lipinski definition) is 1. The largest absolute Gasteiger partial charge is 0.481 e. The molecule has 5 nitrogen and oxygen atoms in total. The summed E-state index contributed by atoms with van der Waals surface area (Å²) in [7, 11) is 0. The van der Waals surface area contributed by atoms with Gasteiger partial charge in [-0.1, -0.05) is 18.2 Å². The molecule has 132 valence electrons. The number of likely N-dealkylation sites (tertiary alicyclic amines) is 1. The number of nitrogens with zero attached hydrogens (tertiary/aromatic N) is 2. The Labute approximate surface area is 145 Å². The molecule has 0 aliphatic carbocycles. The Balaban J connectivity index is 1.57. The van der Waals surface area contributed by atoms with Crippen molar-refractivity contribution in [2.45, 2.75) is 19.4 Å². The van der Waals surface area contributed by atoms with E-state index < -0.39 is 5.97 Å². The highest BCUT2D eigenvalue weighted by molar-refractivity contribution is 5.79. The molecule has 1 spiro atoms. The second kappa shape index (κ2) is 6.35. The molecule has 1 unspecified atom stereocenters. The third-order valence-electron chi connectivity index (χ3n) is 5.62. The highest BCUT2D eigenvalue weighted by Gasteiger charge is 2.50. The number of para-hydroxylation sites is 1. The molecule has 25 heavy (non-hydrogen) atoms. The van der Waals surface area contributed by atoms with Crippen molar-refractivity contribution in [1.82, 2.24) is 9.88 Å². The van der Waals surface area contributed by atoms with Crippen LogP contribution < -0.4 is 0 Å². The summed E-state index contributed by atoms with van der Waals surface area (Å²) in [6.45, 7) is 3.02. The number of ether oxygens (including phenoxy) is 1. The zero-order valence-corrected chi connectivity index (χ0v) is 13.9. The molecule has 0 amide bonds. The minimum Gasteiger partial charge on any atom is -0.481 e. The van der Waals surface area contributed by atoms with Crippen molar-refractivity contribution in [2.75, 3.05) is 26.3 Å². The maximum absolute atomic E-state index is 14.0. The van der Waals surface area contributed by atoms with Crippen LogP contribution in [-0.4, -0.2) is 47.3 Å². The van der Waals surface area contributed by atoms with E-state index in [2.05, 4.69) is 9.88 Å². The molecule has 0 bridgehead atoms. The molecular formula is C19H21FN2O3. The predicted molar refractivity (Wildman–Crippen MR) is 90.6 cm³/mol. The minimum absolute atomic E-state index is 0.216. The highest BCUT2D eigenvalue weighted by Crippen LogP contribution is 2.44. The van der Waals surface area contributed by atoms with Crippen LogP contribution in [0.25, 0.3) is 10.9 Å². The molecule has 2 saturated heterocycles. The Hall–Kier alpha value is -2.05. The van der Waals surface area contributed by atoms with Gasteiger partial charge in [-0.15, -0.1) is 0 Å². The summed E-state index contributed by atoms with van der Waals surface area (Å²) in [4.78, 5) is 18.4. The summed E-state index contributed by atoms with van der Waals surface area (Å²) in [5.74, 6) is -1.44. The first-order valence-corrected chi connectivity index (χ1v) is 8.64. The van der Waals surface area contributed by atoms with E-state index in [1.54, 1.807) is 6.07 Å². The van der Waals surface area contributed by atoms with Gasteiger partial charge in [0.15, 0.2) is 0 Å². The van der Waals surface area contributed by atoms with Crippen LogP contribution >= 0.6 is 0 Å². The molecule has 1 aromatic carbocycles. The van der Waals surface area contributed by atoms with E-state index in [-0.39, 0.29) is 17.2 Å². The smallest absolute Gasteiger partial charge is 0.308 e. The van der Waals surface area contributed by atoms with Crippen molar-refractivity contribution in [3.63, 3.8) is 0 Å². The van der Waals surface area contributed by atoms with Crippen LogP contribution in [0.2, 0.25) is 0 Å². The molecule has 1 aromatic heterocycles. The van der Waals surface area contributed by atoms with Gasteiger partial charge >= 0.3 is 5.97 Å². The van der Waals surface area contributed by atoms with Crippen LogP contribution in [0.3, 0.4) is 0 Å². The number of benzene rings is 1. The monoisotopic (exact) mass is 344 g/mol. The van der Waals surface area contributed by atoms with Crippen LogP contribution in [0.15, 0.2) is 30.3 Å². The number of carboxylic acids is 1. The Kier molecular flexibility index (Phi) is 4.17. The van der Waals surface area contributed by atoms with Crippen molar-refractivity contribution in [2.24, 2.45) is 11.3 Å². The molecule has 1 atom stereocenters. The number of carboxylic acid groups (broad SMARTS) is 1. The van der Waals surface area contributed by atoms with Gasteiger partial charge in [-0.3, -0.25) is 9.69 Å². The SMILES string of the molecule is O=C(O)C1CN(Cc2ccc3cccc(F)c3n2)CC12CCOCC2. The van der Waals surface area contributed by atoms with Gasteiger partial charge in [-0.25, -0.2) is 9.37 Å². The Bertz CT molecular complexity index is 804. The van der Waals surface area contributed by atoms with E-state index >= 15 is 0 Å². The molecule has 2 aliphatic rings. The van der Waals surface area contributed by atoms with Gasteiger partial charge in [0, 0.05) is 43.6 Å². The zero-order valence-electron chi connectivity index (χ0n) is 13.9. The second-order valence-electron chi connectivity index (χ2n) is 7.15. The average molecular weight is 344 g/mol. The topological polar surface area (TPSA) is 62.7 Å². The third-order valence-corrected chi connectivity index (χ3v) is 5.62. The minimum atomic E-state index is -0.734. The van der Waals surface area contributed by atoms with Gasteiger partial charge in [0.25, 0.3) is 0 Å². The quantitative estimate of drug-likeness (QED) is 0.927. The second-order valence-corrected chi connectivity index (χ2v) is 7.15. The van der Waals surface area contributed by atoms with Crippen molar-refractivity contribution in [3.05, 3.63) is 41.8 Å². The first-order chi connectivity index (χ1) is 12.1. The summed E-state index contributed by atoms with van der Waals surface area (Å²) in [6.07, 6.45) is 1.56. The van der Waals surface area contributed by atoms with E-state index in [1.807, 2.05) is 18.2 Å². The Morgan fingerprint density at radius 2 is 2.12 bits per heavy atom. The van der Waals surface area contributed by atoms with Gasteiger partial charge in [-0.2, -0.15) is 0 Å². The number of pyridine rings is 1. The molecule has 4 rings (SSSR count). The normalized spacial score (nSPS) is 23.3. The van der Waals surface area contributed by atoms with Crippen molar-refractivity contribution in [1.29, 1.82) is 0 Å². The summed E-state index contributed by atoms with van der Waals surface area (Å²) in [5.41, 5.74) is 0.923. The van der Waals surface area contributed by atoms with Crippen LogP contribution in [-0.2, 0) is 16.1 Å². The van der Waals surface area contributed by atoms with E-state index in [1.165, 1.54) is 6.07 Å². The molecule has 0 radical (unpaired) electrons. The Morgan fingerprint density at radius 1 is 1.32 bits per heavy atom. The zero-order chi connectivity index (χ0) is 17.4. The number of carbonyl (C=O) groups is 1. The molecule has 0 saturated carbocycles. The number of halogens is 1. The number of hydrogen-bond acceptors (Lipinski definition) is 4. The van der Waals surface area contributed by atoms with Crippen LogP contribution in [0, 0.1) is 17.2 Å². The first-order valence-electron chi connectivity index (χ1n) is 8.64.